The van der Waals surface area contributed by atoms with Crippen molar-refractivity contribution in [1.82, 2.24) is 19.3 Å². The molecule has 1 aliphatic carbocycles. The SMILES string of the molecule is C[C@@H]1C[C@@H](CS(=O)(=O)N2CC[C@H](N)C2)CC[C@@H]1N(C)c1ncnc2[nH]ccc12. The number of nitrogens with one attached hydrogen (secondary N) is 1. The van der Waals surface area contributed by atoms with Crippen LogP contribution in [0, 0.1) is 11.8 Å². The third-order valence-electron chi connectivity index (χ3n) is 6.42. The quantitative estimate of drug-likeness (QED) is 0.780. The number of hydrogen-bond donors (Lipinski definition) is 2. The van der Waals surface area contributed by atoms with Gasteiger partial charge in [0.25, 0.3) is 0 Å². The number of hydrogen-bond acceptors (Lipinski definition) is 6. The molecule has 2 aromatic heterocycles. The molecule has 0 unspecified atom stereocenters. The topological polar surface area (TPSA) is 108 Å². The Bertz CT molecular complexity index is 929. The van der Waals surface area contributed by atoms with Gasteiger partial charge in [0.05, 0.1) is 11.1 Å². The van der Waals surface area contributed by atoms with E-state index in [2.05, 4.69) is 33.8 Å². The summed E-state index contributed by atoms with van der Waals surface area (Å²) in [5.74, 6) is 1.78. The van der Waals surface area contributed by atoms with Crippen LogP contribution in [-0.4, -0.2) is 65.6 Å². The van der Waals surface area contributed by atoms with Crippen molar-refractivity contribution >= 4 is 26.9 Å². The number of aromatic nitrogens is 3. The standard InChI is InChI=1S/C19H30N6O2S/c1-13-9-14(11-28(26,27)25-8-6-15(20)10-25)3-4-17(13)24(2)19-16-5-7-21-18(16)22-12-23-19/h5,7,12-15,17H,3-4,6,8-11,20H2,1-2H3,(H,21,22,23)/t13-,14+,15+,17+/m1/s1. The minimum Gasteiger partial charge on any atom is -0.356 e. The summed E-state index contributed by atoms with van der Waals surface area (Å²) in [6.07, 6.45) is 7.03. The van der Waals surface area contributed by atoms with Gasteiger partial charge < -0.3 is 15.6 Å². The van der Waals surface area contributed by atoms with E-state index in [0.29, 0.717) is 25.0 Å². The van der Waals surface area contributed by atoms with Gasteiger partial charge in [0, 0.05) is 38.4 Å². The lowest BCUT2D eigenvalue weighted by Gasteiger charge is -2.40. The summed E-state index contributed by atoms with van der Waals surface area (Å²) in [7, 11) is -1.13. The van der Waals surface area contributed by atoms with Crippen molar-refractivity contribution in [3.05, 3.63) is 18.6 Å². The number of anilines is 1. The monoisotopic (exact) mass is 406 g/mol. The zero-order chi connectivity index (χ0) is 19.9. The molecule has 28 heavy (non-hydrogen) atoms. The maximum Gasteiger partial charge on any atom is 0.214 e. The van der Waals surface area contributed by atoms with Crippen LogP contribution in [0.25, 0.3) is 11.0 Å². The number of sulfonamides is 1. The first-order valence-corrected chi connectivity index (χ1v) is 11.7. The number of nitrogens with zero attached hydrogens (tertiary/aromatic N) is 4. The number of fused-ring (bicyclic) bond motifs is 1. The van der Waals surface area contributed by atoms with Crippen molar-refractivity contribution in [2.45, 2.75) is 44.7 Å². The van der Waals surface area contributed by atoms with E-state index in [0.717, 1.165) is 42.5 Å². The van der Waals surface area contributed by atoms with E-state index >= 15 is 0 Å². The predicted octanol–water partition coefficient (Wildman–Crippen LogP) is 1.56. The van der Waals surface area contributed by atoms with Gasteiger partial charge in [-0.3, -0.25) is 0 Å². The molecular formula is C19H30N6O2S. The lowest BCUT2D eigenvalue weighted by atomic mass is 9.79. The van der Waals surface area contributed by atoms with Crippen LogP contribution in [0.2, 0.25) is 0 Å². The lowest BCUT2D eigenvalue weighted by molar-refractivity contribution is 0.256. The summed E-state index contributed by atoms with van der Waals surface area (Å²) >= 11 is 0. The molecular weight excluding hydrogens is 376 g/mol. The molecule has 0 aromatic carbocycles. The zero-order valence-corrected chi connectivity index (χ0v) is 17.4. The molecule has 2 aliphatic rings. The Morgan fingerprint density at radius 3 is 2.86 bits per heavy atom. The first-order valence-electron chi connectivity index (χ1n) is 10.1. The number of H-pyrrole nitrogens is 1. The first kappa shape index (κ1) is 19.6. The molecule has 8 nitrogen and oxygen atoms in total. The highest BCUT2D eigenvalue weighted by Crippen LogP contribution is 2.36. The minimum absolute atomic E-state index is 0.0174. The third-order valence-corrected chi connectivity index (χ3v) is 8.44. The van der Waals surface area contributed by atoms with E-state index in [1.807, 2.05) is 12.3 Å². The van der Waals surface area contributed by atoms with Crippen molar-refractivity contribution in [2.24, 2.45) is 17.6 Å². The highest BCUT2D eigenvalue weighted by molar-refractivity contribution is 7.89. The molecule has 0 radical (unpaired) electrons. The molecule has 3 heterocycles. The summed E-state index contributed by atoms with van der Waals surface area (Å²) in [5.41, 5.74) is 6.73. The second-order valence-electron chi connectivity index (χ2n) is 8.46. The Balaban J connectivity index is 1.42. The van der Waals surface area contributed by atoms with Gasteiger partial charge in [-0.15, -0.1) is 0 Å². The van der Waals surface area contributed by atoms with Crippen LogP contribution >= 0.6 is 0 Å². The van der Waals surface area contributed by atoms with Gasteiger partial charge in [-0.1, -0.05) is 6.92 Å². The molecule has 9 heteroatoms. The molecule has 0 bridgehead atoms. The van der Waals surface area contributed by atoms with E-state index in [9.17, 15) is 8.42 Å². The largest absolute Gasteiger partial charge is 0.356 e. The molecule has 0 spiro atoms. The van der Waals surface area contributed by atoms with E-state index < -0.39 is 10.0 Å². The second kappa shape index (κ2) is 7.61. The van der Waals surface area contributed by atoms with Gasteiger partial charge in [-0.2, -0.15) is 0 Å². The summed E-state index contributed by atoms with van der Waals surface area (Å²) < 4.78 is 27.1. The molecule has 1 aliphatic heterocycles. The highest BCUT2D eigenvalue weighted by Gasteiger charge is 2.36. The van der Waals surface area contributed by atoms with Crippen LogP contribution < -0.4 is 10.6 Å². The van der Waals surface area contributed by atoms with Crippen LogP contribution in [0.4, 0.5) is 5.82 Å². The Labute approximate surface area is 166 Å². The Morgan fingerprint density at radius 2 is 2.14 bits per heavy atom. The maximum atomic E-state index is 12.7. The third kappa shape index (κ3) is 3.75. The Hall–Kier alpha value is -1.71. The van der Waals surface area contributed by atoms with Crippen LogP contribution in [0.3, 0.4) is 0 Å². The maximum absolute atomic E-state index is 12.7. The van der Waals surface area contributed by atoms with E-state index in [1.54, 1.807) is 10.6 Å². The number of rotatable bonds is 5. The van der Waals surface area contributed by atoms with Crippen LogP contribution in [0.5, 0.6) is 0 Å². The summed E-state index contributed by atoms with van der Waals surface area (Å²) in [6.45, 7) is 3.26. The van der Waals surface area contributed by atoms with Crippen LogP contribution in [0.1, 0.15) is 32.6 Å². The molecule has 4 atom stereocenters. The molecule has 3 N–H and O–H groups in total. The van der Waals surface area contributed by atoms with Crippen molar-refractivity contribution in [3.63, 3.8) is 0 Å². The summed E-state index contributed by atoms with van der Waals surface area (Å²) in [4.78, 5) is 14.2. The molecule has 2 fully saturated rings. The normalized spacial score (nSPS) is 29.4. The van der Waals surface area contributed by atoms with Gasteiger partial charge in [-0.05, 0) is 43.6 Å². The van der Waals surface area contributed by atoms with Gasteiger partial charge >= 0.3 is 0 Å². The van der Waals surface area contributed by atoms with Crippen LogP contribution in [-0.2, 0) is 10.0 Å². The van der Waals surface area contributed by atoms with Crippen molar-refractivity contribution < 1.29 is 8.42 Å². The summed E-state index contributed by atoms with van der Waals surface area (Å²) in [6, 6.07) is 2.33. The zero-order valence-electron chi connectivity index (χ0n) is 16.6. The van der Waals surface area contributed by atoms with Gasteiger partial charge in [-0.25, -0.2) is 22.7 Å². The molecule has 4 rings (SSSR count). The number of aromatic amines is 1. The fourth-order valence-electron chi connectivity index (χ4n) is 4.93. The average Bonchev–Trinajstić information content (AvgIpc) is 3.29. The highest BCUT2D eigenvalue weighted by atomic mass is 32.2. The smallest absolute Gasteiger partial charge is 0.214 e. The second-order valence-corrected chi connectivity index (χ2v) is 10.5. The lowest BCUT2D eigenvalue weighted by Crippen LogP contribution is -2.43. The first-order chi connectivity index (χ1) is 13.3. The Kier molecular flexibility index (Phi) is 5.32. The van der Waals surface area contributed by atoms with Crippen molar-refractivity contribution in [3.8, 4) is 0 Å². The van der Waals surface area contributed by atoms with Gasteiger partial charge in [0.15, 0.2) is 0 Å². The molecule has 1 saturated heterocycles. The molecule has 0 amide bonds. The van der Waals surface area contributed by atoms with Gasteiger partial charge in [0.1, 0.15) is 17.8 Å². The predicted molar refractivity (Wildman–Crippen MR) is 111 cm³/mol. The van der Waals surface area contributed by atoms with Gasteiger partial charge in [0.2, 0.25) is 10.0 Å². The number of nitrogens with two attached hydrogens (primary N) is 1. The fraction of sp³-hybridized carbons (Fsp3) is 0.684. The van der Waals surface area contributed by atoms with E-state index in [1.165, 1.54) is 0 Å². The summed E-state index contributed by atoms with van der Waals surface area (Å²) in [5, 5.41) is 1.02. The molecule has 1 saturated carbocycles. The van der Waals surface area contributed by atoms with Crippen LogP contribution in [0.15, 0.2) is 18.6 Å². The average molecular weight is 407 g/mol. The van der Waals surface area contributed by atoms with E-state index in [-0.39, 0.29) is 17.7 Å². The molecule has 2 aromatic rings. The molecule has 154 valence electrons. The Morgan fingerprint density at radius 1 is 1.32 bits per heavy atom. The van der Waals surface area contributed by atoms with E-state index in [4.69, 9.17) is 5.73 Å². The fourth-order valence-corrected chi connectivity index (χ4v) is 6.84. The van der Waals surface area contributed by atoms with Crippen molar-refractivity contribution in [1.29, 1.82) is 0 Å². The minimum atomic E-state index is -3.21. The van der Waals surface area contributed by atoms with Crippen molar-refractivity contribution in [2.75, 3.05) is 30.8 Å².